The smallest absolute Gasteiger partial charge is 0.269 e. The molecule has 10 nitrogen and oxygen atoms in total. The number of ether oxygens (including phenoxy) is 1. The zero-order chi connectivity index (χ0) is 18.3. The minimum absolute atomic E-state index is 0.193. The standard InChI is InChI=1S/C16H18N8O2/c1-9-12(13(17)25)22-15-14(23-2-4-26-5-3-23)21-11(8-24(9)15)10-6-19-16(18)20-7-10/h6-8H,2-5H2,1H3,(H2,17,25)(H2,18,19,20). The molecule has 134 valence electrons. The maximum atomic E-state index is 11.7. The van der Waals surface area contributed by atoms with E-state index in [0.29, 0.717) is 54.7 Å². The molecule has 0 saturated carbocycles. The van der Waals surface area contributed by atoms with Gasteiger partial charge in [-0.05, 0) is 6.92 Å². The minimum atomic E-state index is -0.573. The molecule has 0 spiro atoms. The topological polar surface area (TPSA) is 138 Å². The van der Waals surface area contributed by atoms with Gasteiger partial charge in [-0.25, -0.2) is 19.9 Å². The second-order valence-corrected chi connectivity index (χ2v) is 5.98. The van der Waals surface area contributed by atoms with Crippen molar-refractivity contribution in [1.29, 1.82) is 0 Å². The molecule has 3 aromatic heterocycles. The number of imidazole rings is 1. The van der Waals surface area contributed by atoms with Gasteiger partial charge < -0.3 is 21.1 Å². The first-order chi connectivity index (χ1) is 12.5. The van der Waals surface area contributed by atoms with Gasteiger partial charge in [-0.2, -0.15) is 0 Å². The molecule has 0 radical (unpaired) electrons. The summed E-state index contributed by atoms with van der Waals surface area (Å²) in [6, 6.07) is 0. The maximum absolute atomic E-state index is 11.7. The lowest BCUT2D eigenvalue weighted by Crippen LogP contribution is -2.37. The Labute approximate surface area is 148 Å². The van der Waals surface area contributed by atoms with E-state index in [9.17, 15) is 4.79 Å². The number of hydrogen-bond donors (Lipinski definition) is 2. The second kappa shape index (κ2) is 6.23. The zero-order valence-corrected chi connectivity index (χ0v) is 14.2. The fourth-order valence-electron chi connectivity index (χ4n) is 2.97. The number of hydrogen-bond acceptors (Lipinski definition) is 8. The minimum Gasteiger partial charge on any atom is -0.378 e. The van der Waals surface area contributed by atoms with E-state index in [4.69, 9.17) is 21.2 Å². The summed E-state index contributed by atoms with van der Waals surface area (Å²) in [4.78, 5) is 31.0. The van der Waals surface area contributed by atoms with Gasteiger partial charge in [0.05, 0.1) is 24.6 Å². The molecule has 0 aromatic carbocycles. The number of rotatable bonds is 3. The van der Waals surface area contributed by atoms with Gasteiger partial charge in [0.1, 0.15) is 5.69 Å². The number of nitrogens with two attached hydrogens (primary N) is 2. The highest BCUT2D eigenvalue weighted by molar-refractivity contribution is 5.93. The first-order valence-electron chi connectivity index (χ1n) is 8.14. The fraction of sp³-hybridized carbons (Fsp3) is 0.312. The Kier molecular flexibility index (Phi) is 3.88. The van der Waals surface area contributed by atoms with E-state index in [1.54, 1.807) is 25.5 Å². The van der Waals surface area contributed by atoms with Gasteiger partial charge in [0, 0.05) is 37.2 Å². The monoisotopic (exact) mass is 354 g/mol. The van der Waals surface area contributed by atoms with Crippen LogP contribution in [0.15, 0.2) is 18.6 Å². The van der Waals surface area contributed by atoms with E-state index in [-0.39, 0.29) is 11.6 Å². The highest BCUT2D eigenvalue weighted by atomic mass is 16.5. The fourth-order valence-corrected chi connectivity index (χ4v) is 2.97. The van der Waals surface area contributed by atoms with Crippen LogP contribution in [0.5, 0.6) is 0 Å². The van der Waals surface area contributed by atoms with Crippen molar-refractivity contribution < 1.29 is 9.53 Å². The summed E-state index contributed by atoms with van der Waals surface area (Å²) in [6.07, 6.45) is 5.02. The van der Waals surface area contributed by atoms with E-state index in [2.05, 4.69) is 19.9 Å². The Morgan fingerprint density at radius 3 is 2.54 bits per heavy atom. The molecule has 0 atom stereocenters. The number of amides is 1. The lowest BCUT2D eigenvalue weighted by molar-refractivity contribution is 0.0995. The van der Waals surface area contributed by atoms with E-state index in [0.717, 1.165) is 0 Å². The van der Waals surface area contributed by atoms with Crippen molar-refractivity contribution in [3.8, 4) is 11.3 Å². The molecule has 4 heterocycles. The van der Waals surface area contributed by atoms with Crippen LogP contribution in [0.1, 0.15) is 16.2 Å². The van der Waals surface area contributed by atoms with Crippen molar-refractivity contribution >= 4 is 23.3 Å². The molecule has 0 bridgehead atoms. The van der Waals surface area contributed by atoms with Crippen LogP contribution in [-0.4, -0.2) is 56.5 Å². The van der Waals surface area contributed by atoms with Gasteiger partial charge in [-0.3, -0.25) is 9.20 Å². The van der Waals surface area contributed by atoms with Crippen LogP contribution in [0.25, 0.3) is 16.9 Å². The second-order valence-electron chi connectivity index (χ2n) is 5.98. The lowest BCUT2D eigenvalue weighted by atomic mass is 10.2. The van der Waals surface area contributed by atoms with Crippen LogP contribution in [0.3, 0.4) is 0 Å². The van der Waals surface area contributed by atoms with Crippen molar-refractivity contribution in [1.82, 2.24) is 24.3 Å². The molecule has 4 N–H and O–H groups in total. The summed E-state index contributed by atoms with van der Waals surface area (Å²) in [5.41, 5.74) is 13.9. The number of aryl methyl sites for hydroxylation is 1. The number of primary amides is 1. The molecule has 0 aliphatic carbocycles. The number of nitrogen functional groups attached to an aromatic ring is 1. The Morgan fingerprint density at radius 2 is 1.88 bits per heavy atom. The number of nitrogens with zero attached hydrogens (tertiary/aromatic N) is 6. The Morgan fingerprint density at radius 1 is 1.19 bits per heavy atom. The number of anilines is 2. The number of carbonyl (C=O) groups is 1. The quantitative estimate of drug-likeness (QED) is 0.671. The summed E-state index contributed by atoms with van der Waals surface area (Å²) in [5.74, 6) is 0.285. The predicted molar refractivity (Wildman–Crippen MR) is 94.7 cm³/mol. The van der Waals surface area contributed by atoms with Crippen LogP contribution in [-0.2, 0) is 4.74 Å². The van der Waals surface area contributed by atoms with Gasteiger partial charge in [-0.1, -0.05) is 0 Å². The SMILES string of the molecule is Cc1c(C(N)=O)nc2c(N3CCOCC3)nc(-c3cnc(N)nc3)cn12. The van der Waals surface area contributed by atoms with Crippen LogP contribution >= 0.6 is 0 Å². The summed E-state index contributed by atoms with van der Waals surface area (Å²) >= 11 is 0. The van der Waals surface area contributed by atoms with Gasteiger partial charge in [-0.15, -0.1) is 0 Å². The highest BCUT2D eigenvalue weighted by Crippen LogP contribution is 2.27. The lowest BCUT2D eigenvalue weighted by Gasteiger charge is -2.28. The molecule has 1 aliphatic heterocycles. The van der Waals surface area contributed by atoms with E-state index < -0.39 is 5.91 Å². The van der Waals surface area contributed by atoms with Gasteiger partial charge >= 0.3 is 0 Å². The molecule has 26 heavy (non-hydrogen) atoms. The third-order valence-electron chi connectivity index (χ3n) is 4.34. The summed E-state index contributed by atoms with van der Waals surface area (Å²) in [6.45, 7) is 4.37. The number of carbonyl (C=O) groups excluding carboxylic acids is 1. The van der Waals surface area contributed by atoms with Crippen LogP contribution in [0.4, 0.5) is 11.8 Å². The molecule has 1 amide bonds. The molecule has 1 saturated heterocycles. The summed E-state index contributed by atoms with van der Waals surface area (Å²) in [7, 11) is 0. The normalized spacial score (nSPS) is 14.7. The molecule has 0 unspecified atom stereocenters. The number of aromatic nitrogens is 5. The van der Waals surface area contributed by atoms with Gasteiger partial charge in [0.25, 0.3) is 5.91 Å². The molecule has 4 rings (SSSR count). The van der Waals surface area contributed by atoms with Crippen molar-refractivity contribution in [2.75, 3.05) is 36.9 Å². The average Bonchev–Trinajstić information content (AvgIpc) is 2.99. The Bertz CT molecular complexity index is 976. The van der Waals surface area contributed by atoms with Crippen molar-refractivity contribution in [2.24, 2.45) is 5.73 Å². The summed E-state index contributed by atoms with van der Waals surface area (Å²) < 4.78 is 7.25. The molecule has 3 aromatic rings. The highest BCUT2D eigenvalue weighted by Gasteiger charge is 2.22. The molecule has 1 fully saturated rings. The van der Waals surface area contributed by atoms with Gasteiger partial charge in [0.15, 0.2) is 11.5 Å². The molecule has 1 aliphatic rings. The number of morpholine rings is 1. The van der Waals surface area contributed by atoms with Crippen molar-refractivity contribution in [3.63, 3.8) is 0 Å². The third kappa shape index (κ3) is 2.69. The maximum Gasteiger partial charge on any atom is 0.269 e. The van der Waals surface area contributed by atoms with E-state index >= 15 is 0 Å². The first kappa shape index (κ1) is 16.2. The summed E-state index contributed by atoms with van der Waals surface area (Å²) in [5, 5.41) is 0. The predicted octanol–water partition coefficient (Wildman–Crippen LogP) is 0.0124. The molecule has 10 heteroatoms. The zero-order valence-electron chi connectivity index (χ0n) is 14.2. The largest absolute Gasteiger partial charge is 0.378 e. The first-order valence-corrected chi connectivity index (χ1v) is 8.14. The number of fused-ring (bicyclic) bond motifs is 1. The average molecular weight is 354 g/mol. The third-order valence-corrected chi connectivity index (χ3v) is 4.34. The van der Waals surface area contributed by atoms with Crippen molar-refractivity contribution in [2.45, 2.75) is 6.92 Å². The van der Waals surface area contributed by atoms with Gasteiger partial charge in [0.2, 0.25) is 5.95 Å². The Hall–Kier alpha value is -3.27. The van der Waals surface area contributed by atoms with E-state index in [1.165, 1.54) is 0 Å². The van der Waals surface area contributed by atoms with Crippen LogP contribution in [0, 0.1) is 6.92 Å². The van der Waals surface area contributed by atoms with Crippen LogP contribution in [0.2, 0.25) is 0 Å². The molecular formula is C16H18N8O2. The van der Waals surface area contributed by atoms with Crippen LogP contribution < -0.4 is 16.4 Å². The van der Waals surface area contributed by atoms with Crippen molar-refractivity contribution in [3.05, 3.63) is 30.0 Å². The Balaban J connectivity index is 1.94. The molecular weight excluding hydrogens is 336 g/mol. The van der Waals surface area contributed by atoms with E-state index in [1.807, 2.05) is 4.40 Å².